The van der Waals surface area contributed by atoms with E-state index in [0.717, 1.165) is 58.3 Å². The third-order valence-electron chi connectivity index (χ3n) is 6.19. The Morgan fingerprint density at radius 2 is 2.03 bits per heavy atom. The highest BCUT2D eigenvalue weighted by molar-refractivity contribution is 5.81. The number of nitrogens with zero attached hydrogens (tertiary/aromatic N) is 1. The van der Waals surface area contributed by atoms with Crippen LogP contribution < -0.4 is 11.1 Å². The molecule has 1 atom stereocenters. The van der Waals surface area contributed by atoms with Crippen molar-refractivity contribution < 1.29 is 9.53 Å². The number of hydrogen-bond acceptors (Lipinski definition) is 5. The summed E-state index contributed by atoms with van der Waals surface area (Å²) in [6, 6.07) is -0.346. The summed E-state index contributed by atoms with van der Waals surface area (Å²) < 4.78 is 5.25. The van der Waals surface area contributed by atoms with Crippen molar-refractivity contribution in [1.82, 2.24) is 10.2 Å². The van der Waals surface area contributed by atoms with E-state index in [1.165, 1.54) is 41.7 Å². The van der Waals surface area contributed by atoms with Crippen LogP contribution in [0.3, 0.4) is 0 Å². The molecule has 0 aromatic heterocycles. The van der Waals surface area contributed by atoms with Crippen LogP contribution in [-0.4, -0.2) is 56.6 Å². The molecule has 5 heteroatoms. The average Bonchev–Trinajstić information content (AvgIpc) is 2.71. The van der Waals surface area contributed by atoms with Crippen LogP contribution in [0.2, 0.25) is 0 Å². The monoisotopic (exact) mass is 403 g/mol. The van der Waals surface area contributed by atoms with Crippen molar-refractivity contribution >= 4 is 5.78 Å². The summed E-state index contributed by atoms with van der Waals surface area (Å²) in [6.45, 7) is 8.49. The van der Waals surface area contributed by atoms with E-state index < -0.39 is 0 Å². The van der Waals surface area contributed by atoms with Gasteiger partial charge in [0.2, 0.25) is 0 Å². The van der Waals surface area contributed by atoms with Gasteiger partial charge in [-0.05, 0) is 82.9 Å². The van der Waals surface area contributed by atoms with Gasteiger partial charge >= 0.3 is 0 Å². The van der Waals surface area contributed by atoms with Gasteiger partial charge in [-0.2, -0.15) is 0 Å². The molecule has 0 aromatic rings. The molecule has 0 unspecified atom stereocenters. The maximum Gasteiger partial charge on any atom is 0.146 e. The molecule has 0 radical (unpaired) electrons. The van der Waals surface area contributed by atoms with Gasteiger partial charge in [-0.15, -0.1) is 0 Å². The zero-order valence-electron chi connectivity index (χ0n) is 18.8. The second-order valence-corrected chi connectivity index (χ2v) is 8.47. The minimum absolute atomic E-state index is 0.0709. The minimum Gasteiger partial charge on any atom is -0.388 e. The van der Waals surface area contributed by atoms with Crippen LogP contribution in [0.4, 0.5) is 0 Å². The molecule has 0 aromatic carbocycles. The van der Waals surface area contributed by atoms with Crippen LogP contribution in [0.15, 0.2) is 34.6 Å². The standard InChI is InChI=1S/C24H41N3O2/c1-19-9-12-24-22(8-6-14-26-24)11-10-21(19)7-4-5-15-27(17-18-29-3)16-13-23(25)20(2)28/h10-11,23,26H,4-9,12-18,25H2,1-3H3/t23-/m0/s1. The van der Waals surface area contributed by atoms with Crippen molar-refractivity contribution in [3.05, 3.63) is 34.6 Å². The maximum absolute atomic E-state index is 11.4. The highest BCUT2D eigenvalue weighted by Crippen LogP contribution is 2.27. The molecule has 29 heavy (non-hydrogen) atoms. The first-order valence-corrected chi connectivity index (χ1v) is 11.3. The normalized spacial score (nSPS) is 18.4. The molecule has 0 spiro atoms. The van der Waals surface area contributed by atoms with Crippen LogP contribution in [0.1, 0.15) is 65.2 Å². The van der Waals surface area contributed by atoms with Gasteiger partial charge in [-0.3, -0.25) is 4.79 Å². The molecule has 0 saturated heterocycles. The highest BCUT2D eigenvalue weighted by Gasteiger charge is 2.14. The molecular weight excluding hydrogens is 362 g/mol. The van der Waals surface area contributed by atoms with E-state index in [-0.39, 0.29) is 11.8 Å². The summed E-state index contributed by atoms with van der Waals surface area (Å²) in [5, 5.41) is 3.59. The van der Waals surface area contributed by atoms with Gasteiger partial charge in [0.25, 0.3) is 0 Å². The number of carbonyl (C=O) groups is 1. The van der Waals surface area contributed by atoms with Gasteiger partial charge in [-0.25, -0.2) is 0 Å². The molecule has 0 fully saturated rings. The number of ether oxygens (including phenoxy) is 1. The van der Waals surface area contributed by atoms with E-state index in [1.807, 2.05) is 0 Å². The summed E-state index contributed by atoms with van der Waals surface area (Å²) in [4.78, 5) is 13.8. The third kappa shape index (κ3) is 8.45. The lowest BCUT2D eigenvalue weighted by molar-refractivity contribution is -0.118. The molecule has 2 aliphatic rings. The lowest BCUT2D eigenvalue weighted by Gasteiger charge is -2.24. The number of methoxy groups -OCH3 is 1. The molecule has 1 aliphatic carbocycles. The van der Waals surface area contributed by atoms with E-state index in [1.54, 1.807) is 14.0 Å². The van der Waals surface area contributed by atoms with Crippen molar-refractivity contribution in [3.8, 4) is 0 Å². The number of nitrogens with two attached hydrogens (primary N) is 1. The first kappa shape index (κ1) is 23.8. The molecule has 5 nitrogen and oxygen atoms in total. The van der Waals surface area contributed by atoms with Crippen molar-refractivity contribution in [2.45, 2.75) is 71.3 Å². The zero-order chi connectivity index (χ0) is 21.1. The second-order valence-electron chi connectivity index (χ2n) is 8.47. The predicted molar refractivity (Wildman–Crippen MR) is 121 cm³/mol. The quantitative estimate of drug-likeness (QED) is 0.486. The summed E-state index contributed by atoms with van der Waals surface area (Å²) in [7, 11) is 1.73. The first-order chi connectivity index (χ1) is 14.0. The summed E-state index contributed by atoms with van der Waals surface area (Å²) in [5.74, 6) is 0.0709. The fraction of sp³-hybridized carbons (Fsp3) is 0.708. The molecule has 164 valence electrons. The van der Waals surface area contributed by atoms with E-state index in [4.69, 9.17) is 10.5 Å². The number of allylic oxidation sites excluding steroid dienone is 6. The van der Waals surface area contributed by atoms with Crippen molar-refractivity contribution in [2.24, 2.45) is 5.73 Å². The number of carbonyl (C=O) groups excluding carboxylic acids is 1. The number of hydrogen-bond donors (Lipinski definition) is 2. The fourth-order valence-corrected chi connectivity index (χ4v) is 4.06. The van der Waals surface area contributed by atoms with Crippen LogP contribution in [0.5, 0.6) is 0 Å². The second kappa shape index (κ2) is 13.0. The van der Waals surface area contributed by atoms with Crippen LogP contribution in [0, 0.1) is 0 Å². The third-order valence-corrected chi connectivity index (χ3v) is 6.19. The average molecular weight is 404 g/mol. The Balaban J connectivity index is 1.80. The topological polar surface area (TPSA) is 67.6 Å². The SMILES string of the molecule is COCCN(CCCCC1=C(C)CCC2=C(C=C1)CCCN2)CC[C@H](N)C(C)=O. The fourth-order valence-electron chi connectivity index (χ4n) is 4.06. The lowest BCUT2D eigenvalue weighted by atomic mass is 9.91. The number of rotatable bonds is 12. The number of unbranched alkanes of at least 4 members (excludes halogenated alkanes) is 1. The molecule has 0 bridgehead atoms. The van der Waals surface area contributed by atoms with Crippen molar-refractivity contribution in [3.63, 3.8) is 0 Å². The van der Waals surface area contributed by atoms with E-state index >= 15 is 0 Å². The number of nitrogens with one attached hydrogen (secondary N) is 1. The van der Waals surface area contributed by atoms with E-state index in [9.17, 15) is 4.79 Å². The smallest absolute Gasteiger partial charge is 0.146 e. The zero-order valence-corrected chi connectivity index (χ0v) is 18.8. The largest absolute Gasteiger partial charge is 0.388 e. The lowest BCUT2D eigenvalue weighted by Crippen LogP contribution is -2.36. The molecular formula is C24H41N3O2. The van der Waals surface area contributed by atoms with Crippen molar-refractivity contribution in [1.29, 1.82) is 0 Å². The van der Waals surface area contributed by atoms with Crippen LogP contribution >= 0.6 is 0 Å². The van der Waals surface area contributed by atoms with E-state index in [0.29, 0.717) is 6.61 Å². The molecule has 1 aliphatic heterocycles. The summed E-state index contributed by atoms with van der Waals surface area (Å²) in [6.07, 6.45) is 13.7. The van der Waals surface area contributed by atoms with Crippen molar-refractivity contribution in [2.75, 3.05) is 39.9 Å². The first-order valence-electron chi connectivity index (χ1n) is 11.3. The van der Waals surface area contributed by atoms with Crippen LogP contribution in [0.25, 0.3) is 0 Å². The Morgan fingerprint density at radius 3 is 2.79 bits per heavy atom. The Bertz CT molecular complexity index is 622. The van der Waals surface area contributed by atoms with Crippen LogP contribution in [-0.2, 0) is 9.53 Å². The van der Waals surface area contributed by atoms with E-state index in [2.05, 4.69) is 29.3 Å². The predicted octanol–water partition coefficient (Wildman–Crippen LogP) is 3.72. The van der Waals surface area contributed by atoms with Gasteiger partial charge in [0.05, 0.1) is 12.6 Å². The summed E-state index contributed by atoms with van der Waals surface area (Å²) in [5.41, 5.74) is 11.9. The Labute approximate surface area is 177 Å². The number of ketones is 1. The summed E-state index contributed by atoms with van der Waals surface area (Å²) >= 11 is 0. The van der Waals surface area contributed by atoms with Gasteiger partial charge in [0.1, 0.15) is 5.78 Å². The number of Topliss-reactive ketones (excluding diaryl/α,β-unsaturated/α-hetero) is 1. The van der Waals surface area contributed by atoms with Gasteiger partial charge < -0.3 is 20.7 Å². The maximum atomic E-state index is 11.4. The Hall–Kier alpha value is -1.43. The minimum atomic E-state index is -0.346. The Kier molecular flexibility index (Phi) is 10.7. The Morgan fingerprint density at radius 1 is 1.21 bits per heavy atom. The van der Waals surface area contributed by atoms with Gasteiger partial charge in [-0.1, -0.05) is 17.7 Å². The van der Waals surface area contributed by atoms with Gasteiger partial charge in [0, 0.05) is 32.4 Å². The molecule has 2 rings (SSSR count). The molecule has 0 saturated carbocycles. The molecule has 1 heterocycles. The molecule has 0 amide bonds. The van der Waals surface area contributed by atoms with Gasteiger partial charge in [0.15, 0.2) is 0 Å². The highest BCUT2D eigenvalue weighted by atomic mass is 16.5. The molecule has 3 N–H and O–H groups in total.